The Hall–Kier alpha value is -3.23. The van der Waals surface area contributed by atoms with Gasteiger partial charge in [0.05, 0.1) is 28.4 Å². The van der Waals surface area contributed by atoms with E-state index in [1.165, 1.54) is 31.0 Å². The Morgan fingerprint density at radius 2 is 1.38 bits per heavy atom. The summed E-state index contributed by atoms with van der Waals surface area (Å²) in [4.78, 5) is 8.41. The highest BCUT2D eigenvalue weighted by molar-refractivity contribution is 7.89. The van der Waals surface area contributed by atoms with Gasteiger partial charge in [0.1, 0.15) is 12.5 Å². The van der Waals surface area contributed by atoms with E-state index in [4.69, 9.17) is 14.0 Å². The molecule has 0 aliphatic heterocycles. The van der Waals surface area contributed by atoms with E-state index < -0.39 is 10.0 Å². The van der Waals surface area contributed by atoms with Crippen molar-refractivity contribution in [2.75, 3.05) is 0 Å². The van der Waals surface area contributed by atoms with Crippen LogP contribution in [0.1, 0.15) is 0 Å². The fraction of sp³-hybridized carbons (Fsp3) is 0. The maximum atomic E-state index is 12.0. The maximum Gasteiger partial charge on any atom is 0.238 e. The van der Waals surface area contributed by atoms with E-state index in [0.29, 0.717) is 34.0 Å². The SMILES string of the molecule is NS(=O)(=O)c1ccccc1-c1cccc(-c2ncco2)c1-c1ncco1. The quantitative estimate of drug-likeness (QED) is 0.592. The van der Waals surface area contributed by atoms with Gasteiger partial charge >= 0.3 is 0 Å². The summed E-state index contributed by atoms with van der Waals surface area (Å²) in [6.07, 6.45) is 5.94. The summed E-state index contributed by atoms with van der Waals surface area (Å²) in [6, 6.07) is 11.8. The average Bonchev–Trinajstić information content (AvgIpc) is 3.34. The lowest BCUT2D eigenvalue weighted by Gasteiger charge is -2.13. The fourth-order valence-electron chi connectivity index (χ4n) is 2.83. The molecule has 2 N–H and O–H groups in total. The molecule has 0 fully saturated rings. The van der Waals surface area contributed by atoms with Gasteiger partial charge in [-0.15, -0.1) is 0 Å². The molecule has 2 aromatic carbocycles. The van der Waals surface area contributed by atoms with E-state index in [1.807, 2.05) is 0 Å². The molecule has 0 aliphatic carbocycles. The highest BCUT2D eigenvalue weighted by atomic mass is 32.2. The van der Waals surface area contributed by atoms with Crippen LogP contribution in [0, 0.1) is 0 Å². The Balaban J connectivity index is 2.07. The Morgan fingerprint density at radius 3 is 2.04 bits per heavy atom. The van der Waals surface area contributed by atoms with Crippen molar-refractivity contribution in [3.63, 3.8) is 0 Å². The van der Waals surface area contributed by atoms with Gasteiger partial charge in [-0.1, -0.05) is 30.3 Å². The van der Waals surface area contributed by atoms with Gasteiger partial charge in [0.25, 0.3) is 0 Å². The molecule has 0 aliphatic rings. The molecule has 26 heavy (non-hydrogen) atoms. The van der Waals surface area contributed by atoms with Crippen molar-refractivity contribution in [2.45, 2.75) is 4.90 Å². The first-order valence-corrected chi connectivity index (χ1v) is 9.15. The zero-order valence-corrected chi connectivity index (χ0v) is 14.2. The number of benzene rings is 2. The van der Waals surface area contributed by atoms with Crippen LogP contribution in [0.5, 0.6) is 0 Å². The van der Waals surface area contributed by atoms with Crippen LogP contribution >= 0.6 is 0 Å². The summed E-state index contributed by atoms with van der Waals surface area (Å²) in [6.45, 7) is 0. The fourth-order valence-corrected chi connectivity index (χ4v) is 3.58. The van der Waals surface area contributed by atoms with Crippen molar-refractivity contribution in [2.24, 2.45) is 5.14 Å². The third-order valence-corrected chi connectivity index (χ3v) is 4.83. The highest BCUT2D eigenvalue weighted by Gasteiger charge is 2.23. The lowest BCUT2D eigenvalue weighted by Crippen LogP contribution is -2.13. The monoisotopic (exact) mass is 367 g/mol. The molecule has 2 heterocycles. The van der Waals surface area contributed by atoms with E-state index in [0.717, 1.165) is 0 Å². The molecule has 0 radical (unpaired) electrons. The van der Waals surface area contributed by atoms with Gasteiger partial charge in [-0.25, -0.2) is 23.5 Å². The van der Waals surface area contributed by atoms with Crippen molar-refractivity contribution < 1.29 is 17.3 Å². The Labute approximate surface area is 149 Å². The first kappa shape index (κ1) is 16.2. The van der Waals surface area contributed by atoms with Crippen LogP contribution in [0.2, 0.25) is 0 Å². The van der Waals surface area contributed by atoms with Gasteiger partial charge in [-0.3, -0.25) is 0 Å². The van der Waals surface area contributed by atoms with Crippen molar-refractivity contribution >= 4 is 10.0 Å². The number of primary sulfonamides is 1. The third-order valence-electron chi connectivity index (χ3n) is 3.86. The van der Waals surface area contributed by atoms with Crippen LogP contribution in [-0.2, 0) is 10.0 Å². The Kier molecular flexibility index (Phi) is 3.90. The summed E-state index contributed by atoms with van der Waals surface area (Å²) >= 11 is 0. The number of nitrogens with two attached hydrogens (primary N) is 1. The van der Waals surface area contributed by atoms with Gasteiger partial charge < -0.3 is 8.83 Å². The molecule has 0 saturated carbocycles. The number of nitrogens with zero attached hydrogens (tertiary/aromatic N) is 2. The first-order valence-electron chi connectivity index (χ1n) is 7.60. The molecule has 0 unspecified atom stereocenters. The minimum Gasteiger partial charge on any atom is -0.445 e. The van der Waals surface area contributed by atoms with Crippen molar-refractivity contribution in [1.82, 2.24) is 9.97 Å². The molecule has 0 spiro atoms. The number of hydrogen-bond acceptors (Lipinski definition) is 6. The molecule has 130 valence electrons. The predicted octanol–water partition coefficient (Wildman–Crippen LogP) is 3.31. The summed E-state index contributed by atoms with van der Waals surface area (Å²) in [5, 5.41) is 5.40. The molecule has 4 aromatic rings. The van der Waals surface area contributed by atoms with Crippen molar-refractivity contribution in [1.29, 1.82) is 0 Å². The predicted molar refractivity (Wildman–Crippen MR) is 94.2 cm³/mol. The zero-order valence-electron chi connectivity index (χ0n) is 13.4. The first-order chi connectivity index (χ1) is 12.6. The molecule has 0 bridgehead atoms. The van der Waals surface area contributed by atoms with E-state index in [2.05, 4.69) is 9.97 Å². The topological polar surface area (TPSA) is 112 Å². The number of rotatable bonds is 4. The summed E-state index contributed by atoms with van der Waals surface area (Å²) in [7, 11) is -3.92. The Bertz CT molecular complexity index is 1150. The van der Waals surface area contributed by atoms with E-state index in [9.17, 15) is 8.42 Å². The molecular formula is C18H13N3O4S. The minimum absolute atomic E-state index is 0.0114. The second kappa shape index (κ2) is 6.25. The van der Waals surface area contributed by atoms with Gasteiger partial charge in [0.15, 0.2) is 0 Å². The van der Waals surface area contributed by atoms with Crippen LogP contribution < -0.4 is 5.14 Å². The second-order valence-electron chi connectivity index (χ2n) is 5.44. The lowest BCUT2D eigenvalue weighted by molar-refractivity contribution is 0.567. The van der Waals surface area contributed by atoms with Crippen LogP contribution in [0.25, 0.3) is 34.0 Å². The molecule has 0 amide bonds. The molecular weight excluding hydrogens is 354 g/mol. The van der Waals surface area contributed by atoms with Gasteiger partial charge in [0, 0.05) is 5.56 Å². The molecule has 8 heteroatoms. The van der Waals surface area contributed by atoms with Gasteiger partial charge in [-0.2, -0.15) is 0 Å². The molecule has 2 aromatic heterocycles. The van der Waals surface area contributed by atoms with Crippen LogP contribution in [0.4, 0.5) is 0 Å². The van der Waals surface area contributed by atoms with Gasteiger partial charge in [0.2, 0.25) is 21.8 Å². The third kappa shape index (κ3) is 2.81. The summed E-state index contributed by atoms with van der Waals surface area (Å²) in [5.74, 6) is 0.686. The standard InChI is InChI=1S/C18H13N3O4S/c19-26(22,23)15-7-2-1-4-12(15)13-5-3-6-14(17-20-8-10-24-17)16(13)18-21-9-11-25-18/h1-11H,(H2,19,22,23). The van der Waals surface area contributed by atoms with E-state index in [-0.39, 0.29) is 4.90 Å². The Morgan fingerprint density at radius 1 is 0.769 bits per heavy atom. The van der Waals surface area contributed by atoms with Crippen molar-refractivity contribution in [3.05, 3.63) is 67.4 Å². The summed E-state index contributed by atoms with van der Waals surface area (Å²) < 4.78 is 35.0. The number of hydrogen-bond donors (Lipinski definition) is 1. The van der Waals surface area contributed by atoms with Crippen LogP contribution in [0.3, 0.4) is 0 Å². The maximum absolute atomic E-state index is 12.0. The largest absolute Gasteiger partial charge is 0.445 e. The number of oxazole rings is 2. The van der Waals surface area contributed by atoms with Crippen LogP contribution in [0.15, 0.2) is 81.1 Å². The van der Waals surface area contributed by atoms with Crippen molar-refractivity contribution in [3.8, 4) is 34.0 Å². The average molecular weight is 367 g/mol. The van der Waals surface area contributed by atoms with E-state index in [1.54, 1.807) is 36.4 Å². The molecule has 0 atom stereocenters. The molecule has 0 saturated heterocycles. The molecule has 4 rings (SSSR count). The highest BCUT2D eigenvalue weighted by Crippen LogP contribution is 2.40. The zero-order chi connectivity index (χ0) is 18.1. The van der Waals surface area contributed by atoms with Gasteiger partial charge in [-0.05, 0) is 17.7 Å². The normalized spacial score (nSPS) is 11.6. The molecule has 7 nitrogen and oxygen atoms in total. The number of aromatic nitrogens is 2. The smallest absolute Gasteiger partial charge is 0.238 e. The number of sulfonamides is 1. The van der Waals surface area contributed by atoms with Crippen LogP contribution in [-0.4, -0.2) is 18.4 Å². The minimum atomic E-state index is -3.92. The lowest BCUT2D eigenvalue weighted by atomic mass is 9.95. The summed E-state index contributed by atoms with van der Waals surface area (Å²) in [5.41, 5.74) is 2.22. The second-order valence-corrected chi connectivity index (χ2v) is 6.97. The van der Waals surface area contributed by atoms with E-state index >= 15 is 0 Å².